The van der Waals surface area contributed by atoms with E-state index in [1.165, 1.54) is 38.6 Å². The van der Waals surface area contributed by atoms with Crippen LogP contribution in [0.3, 0.4) is 0 Å². The van der Waals surface area contributed by atoms with Crippen LogP contribution in [-0.4, -0.2) is 0 Å². The van der Waals surface area contributed by atoms with E-state index < -0.39 is 0 Å². The van der Waals surface area contributed by atoms with Crippen molar-refractivity contribution in [1.82, 2.24) is 0 Å². The average molecular weight is 819 g/mol. The molecule has 0 N–H and O–H groups in total. The highest BCUT2D eigenvalue weighted by molar-refractivity contribution is 6.21. The molecule has 11 aromatic rings. The Balaban J connectivity index is 1.000. The van der Waals surface area contributed by atoms with Crippen LogP contribution in [0.4, 0.5) is 34.1 Å². The Kier molecular flexibility index (Phi) is 9.53. The van der Waals surface area contributed by atoms with E-state index in [-0.39, 0.29) is 0 Å². The topological polar surface area (TPSA) is 32.8 Å². The lowest BCUT2D eigenvalue weighted by atomic mass is 9.98. The van der Waals surface area contributed by atoms with Gasteiger partial charge in [-0.05, 0) is 179 Å². The fourth-order valence-corrected chi connectivity index (χ4v) is 9.61. The predicted molar refractivity (Wildman–Crippen MR) is 268 cm³/mol. The van der Waals surface area contributed by atoms with Crippen LogP contribution in [-0.2, 0) is 25.7 Å². The molecule has 0 saturated carbocycles. The van der Waals surface area contributed by atoms with Gasteiger partial charge in [0.2, 0.25) is 0 Å². The lowest BCUT2D eigenvalue weighted by molar-refractivity contribution is 0.656. The Morgan fingerprint density at radius 2 is 0.635 bits per heavy atom. The van der Waals surface area contributed by atoms with Crippen molar-refractivity contribution < 1.29 is 8.83 Å². The lowest BCUT2D eigenvalue weighted by Crippen LogP contribution is -2.10. The van der Waals surface area contributed by atoms with Gasteiger partial charge in [0.05, 0.1) is 0 Å². The second-order valence-electron chi connectivity index (χ2n) is 17.0. The summed E-state index contributed by atoms with van der Waals surface area (Å²) in [6.45, 7) is 11.0. The number of aryl methyl sites for hydroxylation is 5. The molecule has 0 aliphatic carbocycles. The Morgan fingerprint density at radius 3 is 0.952 bits per heavy atom. The maximum atomic E-state index is 6.72. The van der Waals surface area contributed by atoms with Crippen LogP contribution in [0, 0.1) is 6.92 Å². The van der Waals surface area contributed by atoms with E-state index in [0.717, 1.165) is 114 Å². The molecule has 9 aromatic carbocycles. The molecular weight excluding hydrogens is 769 g/mol. The molecule has 2 aromatic heterocycles. The molecule has 0 amide bonds. The second kappa shape index (κ2) is 15.6. The largest absolute Gasteiger partial charge is 0.456 e. The summed E-state index contributed by atoms with van der Waals surface area (Å²) in [4.78, 5) is 4.70. The van der Waals surface area contributed by atoms with Gasteiger partial charge in [-0.2, -0.15) is 0 Å². The minimum absolute atomic E-state index is 0.837. The Labute approximate surface area is 368 Å². The van der Waals surface area contributed by atoms with E-state index in [9.17, 15) is 0 Å². The van der Waals surface area contributed by atoms with Crippen LogP contribution in [0.5, 0.6) is 0 Å². The summed E-state index contributed by atoms with van der Waals surface area (Å²) in [5.41, 5.74) is 16.7. The number of benzene rings is 9. The quantitative estimate of drug-likeness (QED) is 0.138. The molecule has 0 aliphatic rings. The molecule has 0 aliphatic heterocycles. The monoisotopic (exact) mass is 818 g/mol. The van der Waals surface area contributed by atoms with Gasteiger partial charge in [0.25, 0.3) is 0 Å². The number of fused-ring (bicyclic) bond motifs is 8. The van der Waals surface area contributed by atoms with Crippen LogP contribution in [0.2, 0.25) is 0 Å². The minimum atomic E-state index is 0.837. The number of hydrogen-bond donors (Lipinski definition) is 0. The zero-order valence-corrected chi connectivity index (χ0v) is 36.6. The van der Waals surface area contributed by atoms with Gasteiger partial charge in [-0.15, -0.1) is 0 Å². The summed E-state index contributed by atoms with van der Waals surface area (Å²) in [6, 6.07) is 60.4. The molecule has 4 heteroatoms. The molecule has 11 rings (SSSR count). The molecule has 0 atom stereocenters. The van der Waals surface area contributed by atoms with Crippen molar-refractivity contribution >= 4 is 99.5 Å². The highest BCUT2D eigenvalue weighted by Crippen LogP contribution is 2.44. The van der Waals surface area contributed by atoms with Gasteiger partial charge in [0.15, 0.2) is 0 Å². The fourth-order valence-electron chi connectivity index (χ4n) is 9.61. The summed E-state index contributed by atoms with van der Waals surface area (Å²) in [7, 11) is 0. The Bertz CT molecular complexity index is 3160. The van der Waals surface area contributed by atoms with Gasteiger partial charge >= 0.3 is 0 Å². The van der Waals surface area contributed by atoms with Crippen molar-refractivity contribution in [2.75, 3.05) is 9.80 Å². The van der Waals surface area contributed by atoms with Crippen LogP contribution >= 0.6 is 0 Å². The smallest absolute Gasteiger partial charge is 0.139 e. The molecule has 4 nitrogen and oxygen atoms in total. The summed E-state index contributed by atoms with van der Waals surface area (Å²) in [5, 5.41) is 9.11. The minimum Gasteiger partial charge on any atom is -0.456 e. The number of furan rings is 2. The number of hydrogen-bond acceptors (Lipinski definition) is 4. The first-order valence-electron chi connectivity index (χ1n) is 22.5. The number of anilines is 6. The number of rotatable bonds is 10. The summed E-state index contributed by atoms with van der Waals surface area (Å²) in [5.74, 6) is 0. The Morgan fingerprint density at radius 1 is 0.317 bits per heavy atom. The van der Waals surface area contributed by atoms with Crippen molar-refractivity contribution in [3.63, 3.8) is 0 Å². The Hall–Kier alpha value is -7.30. The summed E-state index contributed by atoms with van der Waals surface area (Å²) in [6.07, 6.45) is 4.05. The predicted octanol–water partition coefficient (Wildman–Crippen LogP) is 17.3. The van der Waals surface area contributed by atoms with E-state index in [4.69, 9.17) is 8.83 Å². The third-order valence-corrected chi connectivity index (χ3v) is 13.3. The lowest BCUT2D eigenvalue weighted by Gasteiger charge is -2.26. The van der Waals surface area contributed by atoms with Crippen molar-refractivity contribution in [3.8, 4) is 0 Å². The summed E-state index contributed by atoms with van der Waals surface area (Å²) < 4.78 is 13.4. The SMILES string of the molecule is CCc1ccc(N(c2ccc(CC)cc2)c2ccc3cc4c(cc3c2)oc2cc3oc5cc6cc(N(c7ccc(CC)cc7)c7ccc(CC)cc7)ccc6cc5c3c(C)c24)cc1. The van der Waals surface area contributed by atoms with Crippen molar-refractivity contribution in [1.29, 1.82) is 0 Å². The van der Waals surface area contributed by atoms with Gasteiger partial charge in [-0.1, -0.05) is 88.4 Å². The van der Waals surface area contributed by atoms with Crippen molar-refractivity contribution in [3.05, 3.63) is 192 Å². The van der Waals surface area contributed by atoms with E-state index in [2.05, 4.69) is 208 Å². The van der Waals surface area contributed by atoms with Gasteiger partial charge in [0, 0.05) is 61.7 Å². The number of nitrogens with zero attached hydrogens (tertiary/aromatic N) is 2. The molecular formula is C59H50N2O2. The standard InChI is InChI=1S/C59H50N2O2/c1-6-38-10-20-46(21-11-38)60(47-22-12-39(7-2)13-23-47)50-28-18-42-32-52-54(34-44(42)30-50)62-56-36-57-59(37(5)58(52)56)53-33-43-19-29-51(31-45(43)35-55(53)63-57)61(48-24-14-40(8-3)15-25-48)49-26-16-41(9-4)17-27-49/h10-36H,6-9H2,1-5H3. The van der Waals surface area contributed by atoms with E-state index in [0.29, 0.717) is 0 Å². The van der Waals surface area contributed by atoms with Crippen molar-refractivity contribution in [2.45, 2.75) is 60.3 Å². The average Bonchev–Trinajstić information content (AvgIpc) is 3.87. The van der Waals surface area contributed by atoms with Crippen molar-refractivity contribution in [2.24, 2.45) is 0 Å². The normalized spacial score (nSPS) is 11.8. The third-order valence-electron chi connectivity index (χ3n) is 13.3. The van der Waals surface area contributed by atoms with Crippen LogP contribution < -0.4 is 9.80 Å². The van der Waals surface area contributed by atoms with Crippen LogP contribution in [0.15, 0.2) is 173 Å². The highest BCUT2D eigenvalue weighted by atomic mass is 16.3. The van der Waals surface area contributed by atoms with Gasteiger partial charge in [-0.25, -0.2) is 0 Å². The van der Waals surface area contributed by atoms with Crippen LogP contribution in [0.1, 0.15) is 55.5 Å². The molecule has 63 heavy (non-hydrogen) atoms. The van der Waals surface area contributed by atoms with Gasteiger partial charge in [-0.3, -0.25) is 0 Å². The molecule has 0 bridgehead atoms. The van der Waals surface area contributed by atoms with Crippen LogP contribution in [0.25, 0.3) is 65.4 Å². The van der Waals surface area contributed by atoms with Gasteiger partial charge < -0.3 is 18.6 Å². The second-order valence-corrected chi connectivity index (χ2v) is 17.0. The first-order chi connectivity index (χ1) is 30.9. The molecule has 0 fully saturated rings. The molecule has 2 heterocycles. The van der Waals surface area contributed by atoms with Gasteiger partial charge in [0.1, 0.15) is 22.3 Å². The maximum absolute atomic E-state index is 6.72. The van der Waals surface area contributed by atoms with E-state index >= 15 is 0 Å². The zero-order valence-electron chi connectivity index (χ0n) is 36.6. The highest BCUT2D eigenvalue weighted by Gasteiger charge is 2.21. The molecule has 0 saturated heterocycles. The molecule has 0 unspecified atom stereocenters. The first-order valence-corrected chi connectivity index (χ1v) is 22.5. The summed E-state index contributed by atoms with van der Waals surface area (Å²) >= 11 is 0. The van der Waals surface area contributed by atoms with E-state index in [1.807, 2.05) is 0 Å². The first kappa shape index (κ1) is 38.6. The molecule has 0 spiro atoms. The third kappa shape index (κ3) is 6.69. The fraction of sp³-hybridized carbons (Fsp3) is 0.153. The zero-order chi connectivity index (χ0) is 42.8. The maximum Gasteiger partial charge on any atom is 0.139 e. The van der Waals surface area contributed by atoms with E-state index in [1.54, 1.807) is 0 Å². The molecule has 0 radical (unpaired) electrons. The molecule has 308 valence electrons.